The van der Waals surface area contributed by atoms with Crippen molar-refractivity contribution < 1.29 is 14.3 Å². The molecule has 0 saturated carbocycles. The van der Waals surface area contributed by atoms with Gasteiger partial charge in [-0.15, -0.1) is 0 Å². The Labute approximate surface area is 111 Å². The molecule has 0 aliphatic carbocycles. The van der Waals surface area contributed by atoms with E-state index in [1.807, 2.05) is 13.0 Å². The molecule has 5 heteroatoms. The van der Waals surface area contributed by atoms with Crippen LogP contribution in [0.25, 0.3) is 0 Å². The summed E-state index contributed by atoms with van der Waals surface area (Å²) in [5, 5.41) is 2.95. The van der Waals surface area contributed by atoms with E-state index in [1.54, 1.807) is 26.0 Å². The van der Waals surface area contributed by atoms with E-state index >= 15 is 0 Å². The van der Waals surface area contributed by atoms with Crippen LogP contribution >= 0.6 is 11.6 Å². The molecule has 1 rings (SSSR count). The molecule has 1 unspecified atom stereocenters. The van der Waals surface area contributed by atoms with Crippen LogP contribution in [0.15, 0.2) is 18.2 Å². The van der Waals surface area contributed by atoms with Crippen LogP contribution in [-0.4, -0.2) is 24.5 Å². The Morgan fingerprint density at radius 1 is 1.44 bits per heavy atom. The van der Waals surface area contributed by atoms with Gasteiger partial charge in [-0.05, 0) is 32.4 Å². The van der Waals surface area contributed by atoms with Crippen molar-refractivity contribution in [3.8, 4) is 0 Å². The zero-order valence-corrected chi connectivity index (χ0v) is 11.4. The van der Waals surface area contributed by atoms with E-state index in [0.717, 1.165) is 5.56 Å². The van der Waals surface area contributed by atoms with Crippen LogP contribution in [0.4, 0.5) is 0 Å². The van der Waals surface area contributed by atoms with Gasteiger partial charge in [0.1, 0.15) is 6.04 Å². The Balaban J connectivity index is 2.77. The van der Waals surface area contributed by atoms with Crippen LogP contribution in [-0.2, 0) is 9.53 Å². The molecule has 1 N–H and O–H groups in total. The van der Waals surface area contributed by atoms with Gasteiger partial charge in [-0.25, -0.2) is 4.79 Å². The number of rotatable bonds is 4. The number of hydrogen-bond acceptors (Lipinski definition) is 3. The van der Waals surface area contributed by atoms with Crippen molar-refractivity contribution >= 4 is 23.5 Å². The molecular formula is C13H16ClNO3. The lowest BCUT2D eigenvalue weighted by Crippen LogP contribution is -2.39. The second-order valence-electron chi connectivity index (χ2n) is 3.88. The van der Waals surface area contributed by atoms with Crippen molar-refractivity contribution in [2.24, 2.45) is 0 Å². The van der Waals surface area contributed by atoms with Gasteiger partial charge in [-0.3, -0.25) is 4.79 Å². The number of nitrogens with one attached hydrogen (secondary N) is 1. The number of ether oxygens (including phenoxy) is 1. The number of amides is 1. The smallest absolute Gasteiger partial charge is 0.328 e. The van der Waals surface area contributed by atoms with E-state index in [-0.39, 0.29) is 12.5 Å². The summed E-state index contributed by atoms with van der Waals surface area (Å²) in [5.41, 5.74) is 1.17. The van der Waals surface area contributed by atoms with Crippen molar-refractivity contribution in [2.45, 2.75) is 26.8 Å². The molecule has 1 amide bonds. The van der Waals surface area contributed by atoms with Crippen LogP contribution in [0.3, 0.4) is 0 Å². The lowest BCUT2D eigenvalue weighted by atomic mass is 10.1. The molecule has 1 aromatic carbocycles. The fraction of sp³-hybridized carbons (Fsp3) is 0.385. The maximum atomic E-state index is 11.9. The highest BCUT2D eigenvalue weighted by atomic mass is 35.5. The molecule has 0 radical (unpaired) electrons. The van der Waals surface area contributed by atoms with Gasteiger partial charge in [0.25, 0.3) is 5.91 Å². The van der Waals surface area contributed by atoms with Gasteiger partial charge in [-0.1, -0.05) is 23.7 Å². The number of halogens is 1. The number of benzene rings is 1. The van der Waals surface area contributed by atoms with E-state index < -0.39 is 12.0 Å². The van der Waals surface area contributed by atoms with Crippen molar-refractivity contribution in [3.63, 3.8) is 0 Å². The van der Waals surface area contributed by atoms with Crippen LogP contribution in [0, 0.1) is 6.92 Å². The molecule has 0 fully saturated rings. The van der Waals surface area contributed by atoms with Gasteiger partial charge in [0.15, 0.2) is 0 Å². The molecule has 1 aromatic rings. The third-order valence-electron chi connectivity index (χ3n) is 2.42. The molecule has 18 heavy (non-hydrogen) atoms. The van der Waals surface area contributed by atoms with Crippen LogP contribution in [0.1, 0.15) is 29.8 Å². The second kappa shape index (κ2) is 6.40. The largest absolute Gasteiger partial charge is 0.464 e. The standard InChI is InChI=1S/C13H16ClNO3/c1-4-18-13(17)9(3)15-12(16)10-7-5-6-8(2)11(10)14/h5-7,9H,4H2,1-3H3,(H,15,16). The fourth-order valence-electron chi connectivity index (χ4n) is 1.42. The van der Waals surface area contributed by atoms with Crippen molar-refractivity contribution in [2.75, 3.05) is 6.61 Å². The highest BCUT2D eigenvalue weighted by Crippen LogP contribution is 2.20. The first-order valence-corrected chi connectivity index (χ1v) is 6.07. The monoisotopic (exact) mass is 269 g/mol. The molecule has 0 aliphatic rings. The summed E-state index contributed by atoms with van der Waals surface area (Å²) in [7, 11) is 0. The zero-order valence-electron chi connectivity index (χ0n) is 10.6. The third-order valence-corrected chi connectivity index (χ3v) is 2.93. The number of aryl methyl sites for hydroxylation is 1. The van der Waals surface area contributed by atoms with E-state index in [2.05, 4.69) is 5.32 Å². The Morgan fingerprint density at radius 2 is 2.11 bits per heavy atom. The predicted molar refractivity (Wildman–Crippen MR) is 69.8 cm³/mol. The van der Waals surface area contributed by atoms with Crippen molar-refractivity contribution in [1.29, 1.82) is 0 Å². The SMILES string of the molecule is CCOC(=O)C(C)NC(=O)c1cccc(C)c1Cl. The first-order valence-electron chi connectivity index (χ1n) is 5.70. The molecule has 0 saturated heterocycles. The van der Waals surface area contributed by atoms with Gasteiger partial charge in [0.05, 0.1) is 17.2 Å². The molecule has 0 aliphatic heterocycles. The molecule has 0 bridgehead atoms. The summed E-state index contributed by atoms with van der Waals surface area (Å²) in [5.74, 6) is -0.848. The van der Waals surface area contributed by atoms with Gasteiger partial charge in [0.2, 0.25) is 0 Å². The Bertz CT molecular complexity index is 460. The first-order chi connectivity index (χ1) is 8.47. The predicted octanol–water partition coefficient (Wildman–Crippen LogP) is 2.33. The highest BCUT2D eigenvalue weighted by molar-refractivity contribution is 6.34. The maximum Gasteiger partial charge on any atom is 0.328 e. The van der Waals surface area contributed by atoms with Crippen LogP contribution in [0.2, 0.25) is 5.02 Å². The van der Waals surface area contributed by atoms with Crippen molar-refractivity contribution in [1.82, 2.24) is 5.32 Å². The van der Waals surface area contributed by atoms with E-state index in [1.165, 1.54) is 0 Å². The van der Waals surface area contributed by atoms with Gasteiger partial charge in [0, 0.05) is 0 Å². The van der Waals surface area contributed by atoms with Crippen LogP contribution < -0.4 is 5.32 Å². The number of hydrogen-bond donors (Lipinski definition) is 1. The molecule has 4 nitrogen and oxygen atoms in total. The van der Waals surface area contributed by atoms with Gasteiger partial charge < -0.3 is 10.1 Å². The fourth-order valence-corrected chi connectivity index (χ4v) is 1.64. The van der Waals surface area contributed by atoms with Crippen molar-refractivity contribution in [3.05, 3.63) is 34.3 Å². The lowest BCUT2D eigenvalue weighted by Gasteiger charge is -2.13. The summed E-state index contributed by atoms with van der Waals surface area (Å²) in [6, 6.07) is 4.47. The van der Waals surface area contributed by atoms with Gasteiger partial charge >= 0.3 is 5.97 Å². The minimum Gasteiger partial charge on any atom is -0.464 e. The molecule has 0 spiro atoms. The second-order valence-corrected chi connectivity index (χ2v) is 4.26. The third kappa shape index (κ3) is 3.47. The topological polar surface area (TPSA) is 55.4 Å². The molecule has 98 valence electrons. The van der Waals surface area contributed by atoms with E-state index in [0.29, 0.717) is 10.6 Å². The molecular weight excluding hydrogens is 254 g/mol. The summed E-state index contributed by atoms with van der Waals surface area (Å²) < 4.78 is 4.81. The quantitative estimate of drug-likeness (QED) is 0.854. The minimum absolute atomic E-state index is 0.282. The Morgan fingerprint density at radius 3 is 2.72 bits per heavy atom. The summed E-state index contributed by atoms with van der Waals surface area (Å²) in [6.07, 6.45) is 0. The van der Waals surface area contributed by atoms with Gasteiger partial charge in [-0.2, -0.15) is 0 Å². The first kappa shape index (κ1) is 14.5. The Hall–Kier alpha value is -1.55. The summed E-state index contributed by atoms with van der Waals surface area (Å²) >= 11 is 6.04. The molecule has 0 heterocycles. The number of carbonyl (C=O) groups is 2. The summed E-state index contributed by atoms with van der Waals surface area (Å²) in [6.45, 7) is 5.38. The highest BCUT2D eigenvalue weighted by Gasteiger charge is 2.19. The van der Waals surface area contributed by atoms with Crippen LogP contribution in [0.5, 0.6) is 0 Å². The lowest BCUT2D eigenvalue weighted by molar-refractivity contribution is -0.144. The average molecular weight is 270 g/mol. The average Bonchev–Trinajstić information content (AvgIpc) is 2.32. The zero-order chi connectivity index (χ0) is 13.7. The van der Waals surface area contributed by atoms with E-state index in [4.69, 9.17) is 16.3 Å². The maximum absolute atomic E-state index is 11.9. The normalized spacial score (nSPS) is 11.8. The summed E-state index contributed by atoms with van der Waals surface area (Å²) in [4.78, 5) is 23.3. The van der Waals surface area contributed by atoms with E-state index in [9.17, 15) is 9.59 Å². The number of esters is 1. The minimum atomic E-state index is -0.700. The number of carbonyl (C=O) groups excluding carboxylic acids is 2. The Kier molecular flexibility index (Phi) is 5.16. The molecule has 1 atom stereocenters. The molecule has 0 aromatic heterocycles.